The van der Waals surface area contributed by atoms with Crippen LogP contribution in [0.1, 0.15) is 0 Å². The molecule has 0 N–H and O–H groups in total. The van der Waals surface area contributed by atoms with Crippen LogP contribution in [-0.2, 0) is 0 Å². The number of rotatable bonds is 8. The SMILES string of the molecule is c1ccc(-c2ccc3c(c2-c2ccccc2)-c2c(-c4ccc5cc6ccccc6cc5c4-c4c(-c5ccccc5)cc5cccc6c5c4-c4c-6ccc(-c5ccccc5)c4-c4ccccc4)c(-c4ccccc4)cc4cccc-3c24)cc1. The molecule has 0 saturated heterocycles. The normalized spacial score (nSPS) is 11.9. The van der Waals surface area contributed by atoms with Gasteiger partial charge in [0.25, 0.3) is 0 Å². The maximum Gasteiger partial charge on any atom is -0.000116 e. The minimum Gasteiger partial charge on any atom is -0.0622 e. The van der Waals surface area contributed by atoms with Gasteiger partial charge in [0.1, 0.15) is 0 Å². The van der Waals surface area contributed by atoms with E-state index < -0.39 is 0 Å². The molecule has 0 amide bonds. The Balaban J connectivity index is 1.11. The maximum absolute atomic E-state index is 2.51. The topological polar surface area (TPSA) is 0 Å². The average molecular weight is 1040 g/mol. The fourth-order valence-corrected chi connectivity index (χ4v) is 14.3. The van der Waals surface area contributed by atoms with Gasteiger partial charge < -0.3 is 0 Å². The van der Waals surface area contributed by atoms with E-state index in [0.29, 0.717) is 0 Å². The van der Waals surface area contributed by atoms with Crippen molar-refractivity contribution in [2.24, 2.45) is 0 Å². The molecule has 2 aliphatic carbocycles. The molecule has 378 valence electrons. The van der Waals surface area contributed by atoms with Crippen molar-refractivity contribution in [3.05, 3.63) is 303 Å². The molecule has 17 rings (SSSR count). The highest BCUT2D eigenvalue weighted by atomic mass is 14.4. The highest BCUT2D eigenvalue weighted by molar-refractivity contribution is 6.31. The van der Waals surface area contributed by atoms with Crippen LogP contribution in [-0.4, -0.2) is 0 Å². The maximum atomic E-state index is 2.51. The second-order valence-electron chi connectivity index (χ2n) is 22.1. The summed E-state index contributed by atoms with van der Waals surface area (Å²) in [5, 5.41) is 9.89. The number of fused-ring (bicyclic) bond motifs is 8. The van der Waals surface area contributed by atoms with Crippen LogP contribution < -0.4 is 0 Å². The molecule has 82 heavy (non-hydrogen) atoms. The van der Waals surface area contributed by atoms with Crippen LogP contribution in [0.3, 0.4) is 0 Å². The van der Waals surface area contributed by atoms with E-state index in [1.807, 2.05) is 0 Å². The molecule has 0 unspecified atom stereocenters. The molecule has 0 heterocycles. The van der Waals surface area contributed by atoms with E-state index in [1.165, 1.54) is 177 Å². The molecular formula is C82H50. The molecule has 0 nitrogen and oxygen atoms in total. The summed E-state index contributed by atoms with van der Waals surface area (Å²) in [7, 11) is 0. The lowest BCUT2D eigenvalue weighted by atomic mass is 9.76. The zero-order valence-electron chi connectivity index (χ0n) is 44.9. The van der Waals surface area contributed by atoms with Crippen LogP contribution in [0.4, 0.5) is 0 Å². The zero-order valence-corrected chi connectivity index (χ0v) is 44.9. The van der Waals surface area contributed by atoms with Crippen LogP contribution in [0.15, 0.2) is 303 Å². The molecule has 0 aliphatic heterocycles. The Morgan fingerprint density at radius 3 is 0.939 bits per heavy atom. The Bertz CT molecular complexity index is 5080. The third kappa shape index (κ3) is 6.98. The monoisotopic (exact) mass is 1030 g/mol. The van der Waals surface area contributed by atoms with Gasteiger partial charge in [-0.25, -0.2) is 0 Å². The van der Waals surface area contributed by atoms with Crippen molar-refractivity contribution in [2.75, 3.05) is 0 Å². The Kier molecular flexibility index (Phi) is 10.4. The van der Waals surface area contributed by atoms with Gasteiger partial charge in [-0.05, 0) is 201 Å². The summed E-state index contributed by atoms with van der Waals surface area (Å²) in [6.45, 7) is 0. The Hall–Kier alpha value is -10.7. The summed E-state index contributed by atoms with van der Waals surface area (Å²) in [4.78, 5) is 0. The zero-order chi connectivity index (χ0) is 53.8. The lowest BCUT2D eigenvalue weighted by Gasteiger charge is -2.26. The molecule has 0 fully saturated rings. The first kappa shape index (κ1) is 46.3. The van der Waals surface area contributed by atoms with Crippen molar-refractivity contribution < 1.29 is 0 Å². The van der Waals surface area contributed by atoms with Crippen LogP contribution in [0.2, 0.25) is 0 Å². The van der Waals surface area contributed by atoms with Crippen molar-refractivity contribution in [1.29, 1.82) is 0 Å². The quantitative estimate of drug-likeness (QED) is 0.133. The molecule has 0 atom stereocenters. The highest BCUT2D eigenvalue weighted by Gasteiger charge is 2.36. The molecule has 15 aromatic rings. The molecule has 0 radical (unpaired) electrons. The van der Waals surface area contributed by atoms with Crippen LogP contribution in [0.25, 0.3) is 177 Å². The van der Waals surface area contributed by atoms with Gasteiger partial charge in [0, 0.05) is 0 Å². The van der Waals surface area contributed by atoms with Crippen molar-refractivity contribution in [2.45, 2.75) is 0 Å². The first-order chi connectivity index (χ1) is 40.7. The van der Waals surface area contributed by atoms with E-state index in [2.05, 4.69) is 303 Å². The predicted octanol–water partition coefficient (Wildman–Crippen LogP) is 22.9. The smallest absolute Gasteiger partial charge is 0.000116 e. The van der Waals surface area contributed by atoms with E-state index in [9.17, 15) is 0 Å². The van der Waals surface area contributed by atoms with E-state index >= 15 is 0 Å². The summed E-state index contributed by atoms with van der Waals surface area (Å²) in [5.41, 5.74) is 29.5. The minimum atomic E-state index is 1.18. The number of hydrogen-bond acceptors (Lipinski definition) is 0. The van der Waals surface area contributed by atoms with Gasteiger partial charge in [-0.1, -0.05) is 279 Å². The van der Waals surface area contributed by atoms with Gasteiger partial charge in [0.2, 0.25) is 0 Å². The van der Waals surface area contributed by atoms with E-state index in [1.54, 1.807) is 0 Å². The van der Waals surface area contributed by atoms with Gasteiger partial charge in [-0.2, -0.15) is 0 Å². The van der Waals surface area contributed by atoms with E-state index in [0.717, 1.165) is 0 Å². The second kappa shape index (κ2) is 18.5. The summed E-state index contributed by atoms with van der Waals surface area (Å²) in [6.07, 6.45) is 0. The second-order valence-corrected chi connectivity index (χ2v) is 22.1. The molecular weight excluding hydrogens is 985 g/mol. The molecule has 0 aromatic heterocycles. The summed E-state index contributed by atoms with van der Waals surface area (Å²) in [5.74, 6) is 0. The third-order valence-electron chi connectivity index (χ3n) is 17.7. The summed E-state index contributed by atoms with van der Waals surface area (Å²) < 4.78 is 0. The standard InChI is InChI=1S/C82H50/c1-7-23-51(24-8-1)62-43-45-66-64-39-21-37-60-49-69(53-27-11-3-12-28-53)77(81(74(60)64)78(66)72(62)55-31-15-5-16-32-55)68-42-41-59-47-57-35-19-20-36-58(57)48-71(59)76(68)80-70(54-29-13-4-14-30-54)50-61-38-22-40-65-67-46-44-63(52-25-9-2-10-26-52)73(56-33-17-6-18-34-56)79(67)82(80)75(61)65/h1-50H. The van der Waals surface area contributed by atoms with Crippen molar-refractivity contribution in [3.63, 3.8) is 0 Å². The van der Waals surface area contributed by atoms with Crippen LogP contribution in [0, 0.1) is 0 Å². The van der Waals surface area contributed by atoms with E-state index in [4.69, 9.17) is 0 Å². The van der Waals surface area contributed by atoms with E-state index in [-0.39, 0.29) is 0 Å². The molecule has 0 heteroatoms. The fraction of sp³-hybridized carbons (Fsp3) is 0. The van der Waals surface area contributed by atoms with Gasteiger partial charge in [-0.3, -0.25) is 0 Å². The van der Waals surface area contributed by atoms with Crippen molar-refractivity contribution >= 4 is 43.1 Å². The average Bonchev–Trinajstić information content (AvgIpc) is 1.74. The summed E-state index contributed by atoms with van der Waals surface area (Å²) in [6, 6.07) is 114. The Labute approximate surface area is 477 Å². The predicted molar refractivity (Wildman–Crippen MR) is 349 cm³/mol. The highest BCUT2D eigenvalue weighted by Crippen LogP contribution is 2.63. The van der Waals surface area contributed by atoms with Gasteiger partial charge in [0.05, 0.1) is 0 Å². The van der Waals surface area contributed by atoms with Gasteiger partial charge in [-0.15, -0.1) is 0 Å². The number of benzene rings is 15. The lowest BCUT2D eigenvalue weighted by Crippen LogP contribution is -1.99. The van der Waals surface area contributed by atoms with Gasteiger partial charge in [0.15, 0.2) is 0 Å². The molecule has 0 spiro atoms. The minimum absolute atomic E-state index is 1.18. The first-order valence-corrected chi connectivity index (χ1v) is 28.6. The lowest BCUT2D eigenvalue weighted by molar-refractivity contribution is 1.57. The molecule has 2 aliphatic rings. The third-order valence-corrected chi connectivity index (χ3v) is 17.7. The Morgan fingerprint density at radius 1 is 0.134 bits per heavy atom. The molecule has 15 aromatic carbocycles. The molecule has 0 bridgehead atoms. The first-order valence-electron chi connectivity index (χ1n) is 28.6. The number of hydrogen-bond donors (Lipinski definition) is 0. The van der Waals surface area contributed by atoms with Crippen molar-refractivity contribution in [1.82, 2.24) is 0 Å². The Morgan fingerprint density at radius 2 is 0.476 bits per heavy atom. The van der Waals surface area contributed by atoms with Crippen molar-refractivity contribution in [3.8, 4) is 134 Å². The van der Waals surface area contributed by atoms with Crippen LogP contribution in [0.5, 0.6) is 0 Å². The largest absolute Gasteiger partial charge is 0.0622 e. The fourth-order valence-electron chi connectivity index (χ4n) is 14.3. The summed E-state index contributed by atoms with van der Waals surface area (Å²) >= 11 is 0. The van der Waals surface area contributed by atoms with Crippen LogP contribution >= 0.6 is 0 Å². The van der Waals surface area contributed by atoms with Gasteiger partial charge >= 0.3 is 0 Å². The molecule has 0 saturated carbocycles.